The Kier molecular flexibility index (Phi) is 5.21. The molecule has 1 saturated heterocycles. The lowest BCUT2D eigenvalue weighted by molar-refractivity contribution is -0.125. The van der Waals surface area contributed by atoms with E-state index in [0.717, 1.165) is 23.2 Å². The van der Waals surface area contributed by atoms with E-state index < -0.39 is 0 Å². The summed E-state index contributed by atoms with van der Waals surface area (Å²) in [4.78, 5) is 13.2. The lowest BCUT2D eigenvalue weighted by Crippen LogP contribution is -2.37. The molecule has 3 aromatic rings. The molecule has 6 heteroatoms. The molecule has 5 nitrogen and oxygen atoms in total. The maximum atomic E-state index is 13.4. The van der Waals surface area contributed by atoms with E-state index in [1.54, 1.807) is 16.8 Å². The predicted octanol–water partition coefficient (Wildman–Crippen LogP) is 2.77. The third kappa shape index (κ3) is 3.82. The van der Waals surface area contributed by atoms with Crippen molar-refractivity contribution in [2.75, 3.05) is 13.1 Å². The number of halogens is 1. The van der Waals surface area contributed by atoms with Crippen LogP contribution in [0.3, 0.4) is 0 Å². The SMILES string of the molecule is Cn1cc([C@H]2CNC[C@@H]2C(=O)NC(c2ccccc2)c2ccc(F)cc2)cn1. The van der Waals surface area contributed by atoms with E-state index in [1.807, 2.05) is 49.8 Å². The van der Waals surface area contributed by atoms with Crippen LogP contribution in [0.4, 0.5) is 4.39 Å². The van der Waals surface area contributed by atoms with Crippen molar-refractivity contribution in [3.63, 3.8) is 0 Å². The van der Waals surface area contributed by atoms with Gasteiger partial charge in [-0.15, -0.1) is 0 Å². The Hall–Kier alpha value is -2.99. The Labute approximate surface area is 163 Å². The van der Waals surface area contributed by atoms with Crippen molar-refractivity contribution < 1.29 is 9.18 Å². The topological polar surface area (TPSA) is 59.0 Å². The van der Waals surface area contributed by atoms with Crippen LogP contribution < -0.4 is 10.6 Å². The van der Waals surface area contributed by atoms with Crippen molar-refractivity contribution >= 4 is 5.91 Å². The summed E-state index contributed by atoms with van der Waals surface area (Å²) in [5.41, 5.74) is 2.88. The van der Waals surface area contributed by atoms with Gasteiger partial charge in [-0.25, -0.2) is 4.39 Å². The van der Waals surface area contributed by atoms with Crippen molar-refractivity contribution in [3.8, 4) is 0 Å². The van der Waals surface area contributed by atoms with Gasteiger partial charge in [-0.1, -0.05) is 42.5 Å². The molecule has 2 N–H and O–H groups in total. The molecule has 0 aliphatic carbocycles. The quantitative estimate of drug-likeness (QED) is 0.718. The number of amides is 1. The number of carbonyl (C=O) groups is 1. The van der Waals surface area contributed by atoms with E-state index in [9.17, 15) is 9.18 Å². The summed E-state index contributed by atoms with van der Waals surface area (Å²) in [6.07, 6.45) is 3.79. The Morgan fingerprint density at radius 2 is 1.86 bits per heavy atom. The summed E-state index contributed by atoms with van der Waals surface area (Å²) in [6.45, 7) is 1.37. The molecule has 144 valence electrons. The van der Waals surface area contributed by atoms with Gasteiger partial charge in [-0.05, 0) is 28.8 Å². The maximum Gasteiger partial charge on any atom is 0.225 e. The van der Waals surface area contributed by atoms with Crippen LogP contribution in [0.5, 0.6) is 0 Å². The van der Waals surface area contributed by atoms with Crippen LogP contribution in [0.2, 0.25) is 0 Å². The molecule has 2 heterocycles. The van der Waals surface area contributed by atoms with Gasteiger partial charge in [0.05, 0.1) is 18.2 Å². The van der Waals surface area contributed by atoms with Crippen LogP contribution in [0.1, 0.15) is 28.7 Å². The summed E-state index contributed by atoms with van der Waals surface area (Å²) < 4.78 is 15.2. The number of benzene rings is 2. The second-order valence-electron chi connectivity index (χ2n) is 7.22. The number of hydrogen-bond acceptors (Lipinski definition) is 3. The van der Waals surface area contributed by atoms with Crippen molar-refractivity contribution in [1.82, 2.24) is 20.4 Å². The summed E-state index contributed by atoms with van der Waals surface area (Å²) >= 11 is 0. The first-order valence-corrected chi connectivity index (χ1v) is 9.42. The van der Waals surface area contributed by atoms with Crippen LogP contribution >= 0.6 is 0 Å². The lowest BCUT2D eigenvalue weighted by Gasteiger charge is -2.24. The average molecular weight is 378 g/mol. The van der Waals surface area contributed by atoms with E-state index in [4.69, 9.17) is 0 Å². The van der Waals surface area contributed by atoms with Crippen LogP contribution in [-0.2, 0) is 11.8 Å². The molecule has 0 saturated carbocycles. The van der Waals surface area contributed by atoms with Crippen LogP contribution in [0.15, 0.2) is 67.0 Å². The van der Waals surface area contributed by atoms with Gasteiger partial charge < -0.3 is 10.6 Å². The number of aryl methyl sites for hydroxylation is 1. The van der Waals surface area contributed by atoms with E-state index in [-0.39, 0.29) is 29.6 Å². The standard InChI is InChI=1S/C22H23FN4O/c1-27-14-17(11-25-27)19-12-24-13-20(19)22(28)26-21(15-5-3-2-4-6-15)16-7-9-18(23)10-8-16/h2-11,14,19-21,24H,12-13H2,1H3,(H,26,28)/t19-,20+,21?/m1/s1. The molecule has 1 unspecified atom stereocenters. The molecule has 1 aliphatic heterocycles. The summed E-state index contributed by atoms with van der Waals surface area (Å²) in [5.74, 6) is -0.412. The van der Waals surface area contributed by atoms with Gasteiger partial charge >= 0.3 is 0 Å². The van der Waals surface area contributed by atoms with Gasteiger partial charge in [-0.3, -0.25) is 9.48 Å². The fourth-order valence-corrected chi connectivity index (χ4v) is 3.85. The Morgan fingerprint density at radius 3 is 2.54 bits per heavy atom. The molecule has 4 rings (SSSR count). The molecule has 0 spiro atoms. The highest BCUT2D eigenvalue weighted by molar-refractivity contribution is 5.81. The number of nitrogens with one attached hydrogen (secondary N) is 2. The summed E-state index contributed by atoms with van der Waals surface area (Å²) in [6, 6.07) is 15.7. The first-order valence-electron chi connectivity index (χ1n) is 9.42. The van der Waals surface area contributed by atoms with E-state index in [0.29, 0.717) is 6.54 Å². The molecule has 2 aromatic carbocycles. The molecule has 1 aromatic heterocycles. The molecular weight excluding hydrogens is 355 g/mol. The zero-order chi connectivity index (χ0) is 19.5. The third-order valence-corrected chi connectivity index (χ3v) is 5.33. The predicted molar refractivity (Wildman–Crippen MR) is 105 cm³/mol. The number of hydrogen-bond donors (Lipinski definition) is 2. The average Bonchev–Trinajstić information content (AvgIpc) is 3.36. The highest BCUT2D eigenvalue weighted by Gasteiger charge is 2.35. The molecular formula is C22H23FN4O. The van der Waals surface area contributed by atoms with Crippen molar-refractivity contribution in [1.29, 1.82) is 0 Å². The summed E-state index contributed by atoms with van der Waals surface area (Å²) in [7, 11) is 1.88. The highest BCUT2D eigenvalue weighted by Crippen LogP contribution is 2.30. The zero-order valence-electron chi connectivity index (χ0n) is 15.7. The fraction of sp³-hybridized carbons (Fsp3) is 0.273. The minimum absolute atomic E-state index is 0.0166. The van der Waals surface area contributed by atoms with Gasteiger partial charge in [0.1, 0.15) is 5.82 Å². The minimum Gasteiger partial charge on any atom is -0.345 e. The van der Waals surface area contributed by atoms with Crippen molar-refractivity contribution in [2.45, 2.75) is 12.0 Å². The second kappa shape index (κ2) is 7.94. The van der Waals surface area contributed by atoms with Gasteiger partial charge in [0.25, 0.3) is 0 Å². The Balaban J connectivity index is 1.59. The van der Waals surface area contributed by atoms with E-state index in [1.165, 1.54) is 12.1 Å². The highest BCUT2D eigenvalue weighted by atomic mass is 19.1. The lowest BCUT2D eigenvalue weighted by atomic mass is 9.89. The smallest absolute Gasteiger partial charge is 0.225 e. The van der Waals surface area contributed by atoms with Crippen LogP contribution in [0, 0.1) is 11.7 Å². The van der Waals surface area contributed by atoms with Crippen molar-refractivity contribution in [3.05, 3.63) is 89.5 Å². The molecule has 1 fully saturated rings. The number of rotatable bonds is 5. The Bertz CT molecular complexity index is 939. The minimum atomic E-state index is -0.329. The number of aromatic nitrogens is 2. The third-order valence-electron chi connectivity index (χ3n) is 5.33. The van der Waals surface area contributed by atoms with Gasteiger partial charge in [-0.2, -0.15) is 5.10 Å². The fourth-order valence-electron chi connectivity index (χ4n) is 3.85. The van der Waals surface area contributed by atoms with Gasteiger partial charge in [0, 0.05) is 32.3 Å². The first kappa shape index (κ1) is 18.4. The maximum absolute atomic E-state index is 13.4. The van der Waals surface area contributed by atoms with E-state index >= 15 is 0 Å². The molecule has 3 atom stereocenters. The van der Waals surface area contributed by atoms with Crippen LogP contribution in [-0.4, -0.2) is 28.8 Å². The number of nitrogens with zero attached hydrogens (tertiary/aromatic N) is 2. The van der Waals surface area contributed by atoms with Crippen LogP contribution in [0.25, 0.3) is 0 Å². The molecule has 0 radical (unpaired) electrons. The largest absolute Gasteiger partial charge is 0.345 e. The zero-order valence-corrected chi connectivity index (χ0v) is 15.7. The second-order valence-corrected chi connectivity index (χ2v) is 7.22. The summed E-state index contributed by atoms with van der Waals surface area (Å²) in [5, 5.41) is 10.8. The molecule has 1 aliphatic rings. The molecule has 0 bridgehead atoms. The first-order chi connectivity index (χ1) is 13.6. The van der Waals surface area contributed by atoms with Gasteiger partial charge in [0.15, 0.2) is 0 Å². The Morgan fingerprint density at radius 1 is 1.14 bits per heavy atom. The van der Waals surface area contributed by atoms with Crippen molar-refractivity contribution in [2.24, 2.45) is 13.0 Å². The molecule has 28 heavy (non-hydrogen) atoms. The molecule has 1 amide bonds. The van der Waals surface area contributed by atoms with E-state index in [2.05, 4.69) is 15.7 Å². The monoisotopic (exact) mass is 378 g/mol. The normalized spacial score (nSPS) is 20.1. The van der Waals surface area contributed by atoms with Gasteiger partial charge in [0.2, 0.25) is 5.91 Å². The number of carbonyl (C=O) groups excluding carboxylic acids is 1.